The van der Waals surface area contributed by atoms with Gasteiger partial charge in [0.25, 0.3) is 5.56 Å². The summed E-state index contributed by atoms with van der Waals surface area (Å²) in [6, 6.07) is 6.45. The standard InChI is InChI=1S/C25H29N7O/c1-16-6-5-7-17(2)23(16)31-14-18(3)22-21(24(31)33)13-26-25(29-22)28-19-12-27-32(15-19)20-8-10-30(4)11-9-20/h5-7,12-15,20H,8-11H2,1-4H3,(H,26,28,29). The predicted octanol–water partition coefficient (Wildman–Crippen LogP) is 3.91. The molecule has 5 rings (SSSR count). The molecular weight excluding hydrogens is 414 g/mol. The average molecular weight is 444 g/mol. The van der Waals surface area contributed by atoms with E-state index in [9.17, 15) is 4.79 Å². The van der Waals surface area contributed by atoms with Crippen molar-refractivity contribution >= 4 is 22.5 Å². The van der Waals surface area contributed by atoms with Gasteiger partial charge in [0.1, 0.15) is 0 Å². The van der Waals surface area contributed by atoms with Crippen molar-refractivity contribution in [2.75, 3.05) is 25.5 Å². The lowest BCUT2D eigenvalue weighted by Gasteiger charge is -2.28. The number of rotatable bonds is 4. The Balaban J connectivity index is 1.45. The molecule has 1 fully saturated rings. The molecule has 1 aliphatic rings. The number of aromatic nitrogens is 5. The predicted molar refractivity (Wildman–Crippen MR) is 131 cm³/mol. The van der Waals surface area contributed by atoms with Crippen molar-refractivity contribution in [3.05, 3.63) is 70.0 Å². The first-order valence-electron chi connectivity index (χ1n) is 11.4. The highest BCUT2D eigenvalue weighted by atomic mass is 16.1. The molecule has 8 nitrogen and oxygen atoms in total. The number of anilines is 2. The summed E-state index contributed by atoms with van der Waals surface area (Å²) in [4.78, 5) is 24.7. The van der Waals surface area contributed by atoms with Crippen LogP contribution in [0.5, 0.6) is 0 Å². The van der Waals surface area contributed by atoms with Crippen LogP contribution >= 0.6 is 0 Å². The Labute approximate surface area is 192 Å². The Bertz CT molecular complexity index is 1360. The van der Waals surface area contributed by atoms with Gasteiger partial charge in [0.15, 0.2) is 0 Å². The lowest BCUT2D eigenvalue weighted by atomic mass is 10.1. The van der Waals surface area contributed by atoms with Crippen LogP contribution in [-0.4, -0.2) is 49.4 Å². The molecule has 0 bridgehead atoms. The minimum atomic E-state index is -0.116. The van der Waals surface area contributed by atoms with Crippen molar-refractivity contribution in [3.63, 3.8) is 0 Å². The maximum absolute atomic E-state index is 13.3. The summed E-state index contributed by atoms with van der Waals surface area (Å²) in [6.45, 7) is 8.17. The van der Waals surface area contributed by atoms with Crippen molar-refractivity contribution in [1.82, 2.24) is 29.2 Å². The Morgan fingerprint density at radius 3 is 2.45 bits per heavy atom. The minimum absolute atomic E-state index is 0.116. The number of nitrogens with one attached hydrogen (secondary N) is 1. The first kappa shape index (κ1) is 21.3. The number of nitrogens with zero attached hydrogens (tertiary/aromatic N) is 6. The van der Waals surface area contributed by atoms with E-state index in [1.165, 1.54) is 0 Å². The van der Waals surface area contributed by atoms with Gasteiger partial charge in [-0.2, -0.15) is 5.10 Å². The molecule has 0 radical (unpaired) electrons. The van der Waals surface area contributed by atoms with Gasteiger partial charge in [-0.05, 0) is 70.4 Å². The molecule has 0 spiro atoms. The van der Waals surface area contributed by atoms with Crippen LogP contribution in [0.1, 0.15) is 35.6 Å². The topological polar surface area (TPSA) is 80.9 Å². The fraction of sp³-hybridized carbons (Fsp3) is 0.360. The first-order chi connectivity index (χ1) is 15.9. The van der Waals surface area contributed by atoms with E-state index < -0.39 is 0 Å². The van der Waals surface area contributed by atoms with E-state index in [0.29, 0.717) is 22.9 Å². The van der Waals surface area contributed by atoms with E-state index in [-0.39, 0.29) is 5.56 Å². The Hall–Kier alpha value is -3.52. The number of pyridine rings is 1. The SMILES string of the molecule is Cc1cccc(C)c1-n1cc(C)c2nc(Nc3cnn(C4CCN(C)CC4)c3)ncc2c1=O. The zero-order chi connectivity index (χ0) is 23.1. The summed E-state index contributed by atoms with van der Waals surface area (Å²) < 4.78 is 3.75. The summed E-state index contributed by atoms with van der Waals surface area (Å²) in [7, 11) is 2.16. The molecule has 170 valence electrons. The molecule has 0 atom stereocenters. The van der Waals surface area contributed by atoms with Crippen LogP contribution in [0.4, 0.5) is 11.6 Å². The van der Waals surface area contributed by atoms with Gasteiger partial charge in [-0.1, -0.05) is 18.2 Å². The van der Waals surface area contributed by atoms with Crippen LogP contribution in [0.25, 0.3) is 16.6 Å². The normalized spacial score (nSPS) is 15.3. The van der Waals surface area contributed by atoms with Crippen LogP contribution in [0, 0.1) is 20.8 Å². The largest absolute Gasteiger partial charge is 0.321 e. The number of hydrogen-bond donors (Lipinski definition) is 1. The van der Waals surface area contributed by atoms with Crippen LogP contribution in [0.2, 0.25) is 0 Å². The van der Waals surface area contributed by atoms with Gasteiger partial charge in [-0.15, -0.1) is 0 Å². The van der Waals surface area contributed by atoms with E-state index in [1.807, 2.05) is 56.0 Å². The van der Waals surface area contributed by atoms with Gasteiger partial charge in [0.05, 0.1) is 34.5 Å². The minimum Gasteiger partial charge on any atom is -0.321 e. The Morgan fingerprint density at radius 2 is 1.73 bits per heavy atom. The maximum Gasteiger partial charge on any atom is 0.266 e. The molecule has 1 saturated heterocycles. The number of fused-ring (bicyclic) bond motifs is 1. The zero-order valence-corrected chi connectivity index (χ0v) is 19.5. The van der Waals surface area contributed by atoms with Gasteiger partial charge < -0.3 is 10.2 Å². The molecule has 0 amide bonds. The summed E-state index contributed by atoms with van der Waals surface area (Å²) in [6.07, 6.45) is 9.49. The fourth-order valence-electron chi connectivity index (χ4n) is 4.68. The second-order valence-corrected chi connectivity index (χ2v) is 9.05. The number of piperidine rings is 1. The molecule has 1 N–H and O–H groups in total. The number of hydrogen-bond acceptors (Lipinski definition) is 6. The lowest BCUT2D eigenvalue weighted by molar-refractivity contribution is 0.212. The van der Waals surface area contributed by atoms with E-state index in [4.69, 9.17) is 0 Å². The molecule has 4 aromatic rings. The zero-order valence-electron chi connectivity index (χ0n) is 19.5. The summed E-state index contributed by atoms with van der Waals surface area (Å²) in [5.74, 6) is 0.456. The molecule has 8 heteroatoms. The van der Waals surface area contributed by atoms with Crippen LogP contribution < -0.4 is 10.9 Å². The third-order valence-electron chi connectivity index (χ3n) is 6.53. The van der Waals surface area contributed by atoms with Gasteiger partial charge in [0, 0.05) is 18.6 Å². The molecular formula is C25H29N7O. The first-order valence-corrected chi connectivity index (χ1v) is 11.4. The van der Waals surface area contributed by atoms with Gasteiger partial charge in [-0.3, -0.25) is 14.0 Å². The second-order valence-electron chi connectivity index (χ2n) is 9.05. The maximum atomic E-state index is 13.3. The molecule has 3 aromatic heterocycles. The second kappa shape index (κ2) is 8.44. The van der Waals surface area contributed by atoms with Crippen LogP contribution in [0.15, 0.2) is 47.8 Å². The van der Waals surface area contributed by atoms with Crippen molar-refractivity contribution in [1.29, 1.82) is 0 Å². The highest BCUT2D eigenvalue weighted by Gasteiger charge is 2.19. The lowest BCUT2D eigenvalue weighted by Crippen LogP contribution is -2.31. The van der Waals surface area contributed by atoms with E-state index in [1.54, 1.807) is 17.0 Å². The molecule has 1 aromatic carbocycles. The number of aryl methyl sites for hydroxylation is 3. The molecule has 4 heterocycles. The van der Waals surface area contributed by atoms with Crippen molar-refractivity contribution in [2.45, 2.75) is 39.7 Å². The summed E-state index contributed by atoms with van der Waals surface area (Å²) >= 11 is 0. The van der Waals surface area contributed by atoms with Crippen molar-refractivity contribution < 1.29 is 0 Å². The van der Waals surface area contributed by atoms with E-state index >= 15 is 0 Å². The van der Waals surface area contributed by atoms with Gasteiger partial charge in [0.2, 0.25) is 5.95 Å². The van der Waals surface area contributed by atoms with Crippen LogP contribution in [-0.2, 0) is 0 Å². The third-order valence-corrected chi connectivity index (χ3v) is 6.53. The van der Waals surface area contributed by atoms with E-state index in [2.05, 4.69) is 32.3 Å². The fourth-order valence-corrected chi connectivity index (χ4v) is 4.68. The summed E-state index contributed by atoms with van der Waals surface area (Å²) in [5, 5.41) is 8.30. The van der Waals surface area contributed by atoms with Crippen LogP contribution in [0.3, 0.4) is 0 Å². The number of benzene rings is 1. The van der Waals surface area contributed by atoms with Crippen molar-refractivity contribution in [2.24, 2.45) is 0 Å². The number of likely N-dealkylation sites (tertiary alicyclic amines) is 1. The smallest absolute Gasteiger partial charge is 0.266 e. The highest BCUT2D eigenvalue weighted by Crippen LogP contribution is 2.24. The highest BCUT2D eigenvalue weighted by molar-refractivity contribution is 5.81. The van der Waals surface area contributed by atoms with Gasteiger partial charge >= 0.3 is 0 Å². The molecule has 33 heavy (non-hydrogen) atoms. The Morgan fingerprint density at radius 1 is 1.00 bits per heavy atom. The van der Waals surface area contributed by atoms with Gasteiger partial charge in [-0.25, -0.2) is 9.97 Å². The quantitative estimate of drug-likeness (QED) is 0.515. The number of para-hydroxylation sites is 1. The Kier molecular flexibility index (Phi) is 5.46. The molecule has 1 aliphatic heterocycles. The molecule has 0 saturated carbocycles. The van der Waals surface area contributed by atoms with Crippen molar-refractivity contribution in [3.8, 4) is 5.69 Å². The molecule has 0 aliphatic carbocycles. The molecule has 0 unspecified atom stereocenters. The third kappa shape index (κ3) is 4.02. The average Bonchev–Trinajstić information content (AvgIpc) is 3.26. The summed E-state index contributed by atoms with van der Waals surface area (Å²) in [5.41, 5.74) is 5.32. The van der Waals surface area contributed by atoms with E-state index in [0.717, 1.165) is 54.0 Å². The monoisotopic (exact) mass is 443 g/mol.